The molecule has 0 aromatic heterocycles. The van der Waals surface area contributed by atoms with Gasteiger partial charge in [0, 0.05) is 16.7 Å². The Morgan fingerprint density at radius 2 is 1.84 bits per heavy atom. The van der Waals surface area contributed by atoms with E-state index in [0.29, 0.717) is 27.9 Å². The van der Waals surface area contributed by atoms with E-state index in [4.69, 9.17) is 11.6 Å². The summed E-state index contributed by atoms with van der Waals surface area (Å²) in [6.45, 7) is 0. The Kier molecular flexibility index (Phi) is 4.56. The Labute approximate surface area is 183 Å². The molecule has 154 valence electrons. The Balaban J connectivity index is 1.65. The van der Waals surface area contributed by atoms with Crippen LogP contribution in [0.2, 0.25) is 5.02 Å². The zero-order chi connectivity index (χ0) is 21.7. The van der Waals surface area contributed by atoms with Crippen molar-refractivity contribution in [3.05, 3.63) is 87.9 Å². The number of hydrogen-bond acceptors (Lipinski definition) is 3. The van der Waals surface area contributed by atoms with Gasteiger partial charge in [-0.2, -0.15) is 0 Å². The number of aromatic carboxylic acids is 1. The predicted molar refractivity (Wildman–Crippen MR) is 120 cm³/mol. The lowest BCUT2D eigenvalue weighted by molar-refractivity contribution is -0.112. The van der Waals surface area contributed by atoms with Crippen LogP contribution in [0.1, 0.15) is 45.8 Å². The first-order valence-corrected chi connectivity index (χ1v) is 10.3. The summed E-state index contributed by atoms with van der Waals surface area (Å²) in [5.74, 6) is -1.42. The molecule has 0 unspecified atom stereocenters. The maximum Gasteiger partial charge on any atom is 0.339 e. The molecule has 2 aliphatic rings. The Morgan fingerprint density at radius 1 is 1.06 bits per heavy atom. The van der Waals surface area contributed by atoms with Crippen molar-refractivity contribution >= 4 is 46.5 Å². The van der Waals surface area contributed by atoms with E-state index in [0.717, 1.165) is 29.5 Å². The van der Waals surface area contributed by atoms with Crippen LogP contribution in [0.15, 0.2) is 60.7 Å². The summed E-state index contributed by atoms with van der Waals surface area (Å²) in [5, 5.41) is 19.9. The monoisotopic (exact) mass is 431 g/mol. The minimum Gasteiger partial charge on any atom is -0.507 e. The second-order valence-electron chi connectivity index (χ2n) is 7.74. The molecular formula is C25H18ClNO4. The maximum absolute atomic E-state index is 13.5. The number of carbonyl (C=O) groups excluding carboxylic acids is 1. The molecule has 5 nitrogen and oxygen atoms in total. The van der Waals surface area contributed by atoms with Crippen molar-refractivity contribution in [2.24, 2.45) is 0 Å². The highest BCUT2D eigenvalue weighted by molar-refractivity contribution is 6.39. The lowest BCUT2D eigenvalue weighted by Gasteiger charge is -2.18. The molecule has 1 saturated carbocycles. The normalized spacial score (nSPS) is 16.6. The van der Waals surface area contributed by atoms with E-state index in [-0.39, 0.29) is 11.5 Å². The highest BCUT2D eigenvalue weighted by atomic mass is 35.5. The van der Waals surface area contributed by atoms with Gasteiger partial charge < -0.3 is 10.2 Å². The number of amides is 1. The summed E-state index contributed by atoms with van der Waals surface area (Å²) < 4.78 is 0. The molecule has 5 rings (SSSR count). The van der Waals surface area contributed by atoms with Gasteiger partial charge in [-0.3, -0.25) is 9.69 Å². The van der Waals surface area contributed by atoms with Gasteiger partial charge >= 0.3 is 5.97 Å². The first kappa shape index (κ1) is 19.4. The molecule has 1 aliphatic heterocycles. The van der Waals surface area contributed by atoms with Crippen molar-refractivity contribution in [1.29, 1.82) is 0 Å². The Bertz CT molecular complexity index is 1280. The minimum atomic E-state index is -1.23. The highest BCUT2D eigenvalue weighted by Gasteiger charge is 2.35. The molecule has 1 amide bonds. The van der Waals surface area contributed by atoms with Gasteiger partial charge in [-0.25, -0.2) is 4.79 Å². The van der Waals surface area contributed by atoms with Gasteiger partial charge in [0.1, 0.15) is 11.3 Å². The van der Waals surface area contributed by atoms with Crippen LogP contribution >= 0.6 is 11.6 Å². The standard InChI is InChI=1S/C25H18ClNO4/c26-21-6-3-5-16(14-8-9-14)19(21)13-20-17-4-1-2-7-22(17)27(24(20)29)15-10-11-18(25(30)31)23(28)12-15/h1-7,10-14,28H,8-9H2,(H,30,31)/b20-13-. The molecule has 0 spiro atoms. The molecule has 1 aliphatic carbocycles. The highest BCUT2D eigenvalue weighted by Crippen LogP contribution is 2.47. The number of aromatic hydroxyl groups is 1. The maximum atomic E-state index is 13.5. The average molecular weight is 432 g/mol. The van der Waals surface area contributed by atoms with Crippen molar-refractivity contribution in [3.8, 4) is 5.75 Å². The fraction of sp³-hybridized carbons (Fsp3) is 0.120. The van der Waals surface area contributed by atoms with E-state index in [2.05, 4.69) is 6.07 Å². The second kappa shape index (κ2) is 7.29. The fourth-order valence-corrected chi connectivity index (χ4v) is 4.31. The van der Waals surface area contributed by atoms with Crippen LogP contribution in [0, 0.1) is 0 Å². The number of anilines is 2. The van der Waals surface area contributed by atoms with Crippen LogP contribution in [-0.2, 0) is 4.79 Å². The number of para-hydroxylation sites is 1. The number of fused-ring (bicyclic) bond motifs is 1. The summed E-state index contributed by atoms with van der Waals surface area (Å²) >= 11 is 6.52. The molecule has 31 heavy (non-hydrogen) atoms. The number of rotatable bonds is 4. The zero-order valence-corrected chi connectivity index (χ0v) is 17.1. The number of carboxylic acids is 1. The molecule has 6 heteroatoms. The van der Waals surface area contributed by atoms with E-state index in [9.17, 15) is 19.8 Å². The molecule has 1 fully saturated rings. The van der Waals surface area contributed by atoms with E-state index < -0.39 is 11.7 Å². The second-order valence-corrected chi connectivity index (χ2v) is 8.15. The van der Waals surface area contributed by atoms with Crippen LogP contribution in [-0.4, -0.2) is 22.1 Å². The summed E-state index contributed by atoms with van der Waals surface area (Å²) in [4.78, 5) is 26.2. The summed E-state index contributed by atoms with van der Waals surface area (Å²) in [6, 6.07) is 17.3. The smallest absolute Gasteiger partial charge is 0.339 e. The SMILES string of the molecule is O=C(O)c1ccc(N2C(=O)/C(=C\c3c(Cl)cccc3C3CC3)c3ccccc32)cc1O. The van der Waals surface area contributed by atoms with Gasteiger partial charge in [-0.15, -0.1) is 0 Å². The summed E-state index contributed by atoms with van der Waals surface area (Å²) in [7, 11) is 0. The minimum absolute atomic E-state index is 0.218. The molecule has 1 heterocycles. The third kappa shape index (κ3) is 3.27. The van der Waals surface area contributed by atoms with Gasteiger partial charge in [0.15, 0.2) is 0 Å². The van der Waals surface area contributed by atoms with Gasteiger partial charge in [-0.1, -0.05) is 41.9 Å². The molecule has 0 saturated heterocycles. The molecule has 3 aromatic rings. The molecule has 0 bridgehead atoms. The molecule has 2 N–H and O–H groups in total. The van der Waals surface area contributed by atoms with Crippen molar-refractivity contribution < 1.29 is 19.8 Å². The first-order valence-electron chi connectivity index (χ1n) is 9.96. The lowest BCUT2D eigenvalue weighted by atomic mass is 9.98. The number of nitrogens with zero attached hydrogens (tertiary/aromatic N) is 1. The predicted octanol–water partition coefficient (Wildman–Crippen LogP) is 5.84. The quantitative estimate of drug-likeness (QED) is 0.508. The van der Waals surface area contributed by atoms with Crippen molar-refractivity contribution in [3.63, 3.8) is 0 Å². The number of carbonyl (C=O) groups is 2. The van der Waals surface area contributed by atoms with E-state index in [1.807, 2.05) is 42.5 Å². The summed E-state index contributed by atoms with van der Waals surface area (Å²) in [5.41, 5.74) is 4.11. The topological polar surface area (TPSA) is 77.8 Å². The third-order valence-electron chi connectivity index (χ3n) is 5.73. The van der Waals surface area contributed by atoms with E-state index in [1.54, 1.807) is 0 Å². The van der Waals surface area contributed by atoms with E-state index >= 15 is 0 Å². The number of hydrogen-bond donors (Lipinski definition) is 2. The van der Waals surface area contributed by atoms with Crippen LogP contribution in [0.25, 0.3) is 11.6 Å². The molecule has 0 atom stereocenters. The van der Waals surface area contributed by atoms with Gasteiger partial charge in [0.2, 0.25) is 0 Å². The van der Waals surface area contributed by atoms with Crippen LogP contribution in [0.3, 0.4) is 0 Å². The first-order chi connectivity index (χ1) is 15.0. The zero-order valence-electron chi connectivity index (χ0n) is 16.4. The van der Waals surface area contributed by atoms with Crippen LogP contribution < -0.4 is 4.90 Å². The Hall–Kier alpha value is -3.57. The number of halogens is 1. The van der Waals surface area contributed by atoms with Crippen LogP contribution in [0.5, 0.6) is 5.75 Å². The number of benzene rings is 3. The third-order valence-corrected chi connectivity index (χ3v) is 6.06. The molecule has 0 radical (unpaired) electrons. The van der Waals surface area contributed by atoms with Gasteiger partial charge in [-0.05, 0) is 60.2 Å². The lowest BCUT2D eigenvalue weighted by Crippen LogP contribution is -2.20. The number of carboxylic acid groups (broad SMARTS) is 1. The molecular weight excluding hydrogens is 414 g/mol. The largest absolute Gasteiger partial charge is 0.507 e. The van der Waals surface area contributed by atoms with E-state index in [1.165, 1.54) is 23.1 Å². The van der Waals surface area contributed by atoms with Crippen molar-refractivity contribution in [2.75, 3.05) is 4.90 Å². The number of phenols is 1. The molecule has 3 aromatic carbocycles. The average Bonchev–Trinajstić information content (AvgIpc) is 3.54. The van der Waals surface area contributed by atoms with Gasteiger partial charge in [0.05, 0.1) is 16.9 Å². The fourth-order valence-electron chi connectivity index (χ4n) is 4.08. The van der Waals surface area contributed by atoms with Crippen molar-refractivity contribution in [1.82, 2.24) is 0 Å². The Morgan fingerprint density at radius 3 is 2.55 bits per heavy atom. The van der Waals surface area contributed by atoms with Gasteiger partial charge in [0.25, 0.3) is 5.91 Å². The van der Waals surface area contributed by atoms with Crippen molar-refractivity contribution in [2.45, 2.75) is 18.8 Å². The summed E-state index contributed by atoms with van der Waals surface area (Å²) in [6.07, 6.45) is 4.08. The van der Waals surface area contributed by atoms with Crippen LogP contribution in [0.4, 0.5) is 11.4 Å².